The van der Waals surface area contributed by atoms with Gasteiger partial charge in [0.2, 0.25) is 0 Å². The fourth-order valence-electron chi connectivity index (χ4n) is 2.34. The third kappa shape index (κ3) is 4.32. The highest BCUT2D eigenvalue weighted by Crippen LogP contribution is 2.34. The first-order valence-electron chi connectivity index (χ1n) is 7.82. The monoisotopic (exact) mass is 355 g/mol. The van der Waals surface area contributed by atoms with Crippen LogP contribution >= 0.6 is 0 Å². The molecular formula is C19H17NO6. The Morgan fingerprint density at radius 2 is 2.08 bits per heavy atom. The van der Waals surface area contributed by atoms with E-state index in [-0.39, 0.29) is 22.7 Å². The van der Waals surface area contributed by atoms with Gasteiger partial charge in [-0.15, -0.1) is 6.58 Å². The molecule has 0 spiro atoms. The number of non-ortho nitro benzene ring substituents is 1. The summed E-state index contributed by atoms with van der Waals surface area (Å²) >= 11 is 0. The lowest BCUT2D eigenvalue weighted by Gasteiger charge is -2.15. The second-order valence-electron chi connectivity index (χ2n) is 5.25. The number of esters is 1. The van der Waals surface area contributed by atoms with E-state index in [9.17, 15) is 19.7 Å². The lowest BCUT2D eigenvalue weighted by molar-refractivity contribution is -0.384. The molecule has 0 radical (unpaired) electrons. The number of hydrogen-bond donors (Lipinski definition) is 0. The first-order valence-corrected chi connectivity index (χ1v) is 7.82. The Labute approximate surface area is 150 Å². The number of hydrogen-bond acceptors (Lipinski definition) is 6. The molecule has 0 amide bonds. The Hall–Kier alpha value is -3.48. The molecule has 0 saturated heterocycles. The SMILES string of the molecule is C=CCc1cc(C=O)cc(OCC)c1OC(=O)c1cccc([N+](=O)[O-])c1. The molecule has 0 saturated carbocycles. The van der Waals surface area contributed by atoms with Crippen LogP contribution in [0.1, 0.15) is 33.2 Å². The fourth-order valence-corrected chi connectivity index (χ4v) is 2.34. The molecule has 134 valence electrons. The van der Waals surface area contributed by atoms with Crippen molar-refractivity contribution in [3.63, 3.8) is 0 Å². The molecule has 7 nitrogen and oxygen atoms in total. The van der Waals surface area contributed by atoms with Gasteiger partial charge in [-0.25, -0.2) is 4.79 Å². The van der Waals surface area contributed by atoms with Crippen LogP contribution in [0, 0.1) is 10.1 Å². The molecule has 26 heavy (non-hydrogen) atoms. The Bertz CT molecular complexity index is 859. The number of carbonyl (C=O) groups is 2. The highest BCUT2D eigenvalue weighted by molar-refractivity contribution is 5.92. The van der Waals surface area contributed by atoms with Gasteiger partial charge in [-0.1, -0.05) is 12.1 Å². The van der Waals surface area contributed by atoms with Gasteiger partial charge in [-0.2, -0.15) is 0 Å². The predicted molar refractivity (Wildman–Crippen MR) is 95.0 cm³/mol. The van der Waals surface area contributed by atoms with E-state index in [1.807, 2.05) is 0 Å². The van der Waals surface area contributed by atoms with Gasteiger partial charge in [0, 0.05) is 23.3 Å². The Balaban J connectivity index is 2.44. The molecule has 0 aliphatic heterocycles. The molecule has 0 aliphatic carbocycles. The van der Waals surface area contributed by atoms with E-state index < -0.39 is 10.9 Å². The van der Waals surface area contributed by atoms with Crippen molar-refractivity contribution in [3.05, 3.63) is 75.9 Å². The lowest BCUT2D eigenvalue weighted by atomic mass is 10.1. The molecule has 0 heterocycles. The molecule has 0 unspecified atom stereocenters. The minimum atomic E-state index is -0.765. The van der Waals surface area contributed by atoms with E-state index >= 15 is 0 Å². The normalized spacial score (nSPS) is 10.0. The Kier molecular flexibility index (Phi) is 6.21. The molecule has 0 aliphatic rings. The smallest absolute Gasteiger partial charge is 0.343 e. The quantitative estimate of drug-likeness (QED) is 0.179. The number of allylic oxidation sites excluding steroid dienone is 1. The van der Waals surface area contributed by atoms with Crippen molar-refractivity contribution in [2.45, 2.75) is 13.3 Å². The van der Waals surface area contributed by atoms with E-state index in [0.717, 1.165) is 6.07 Å². The van der Waals surface area contributed by atoms with E-state index in [0.29, 0.717) is 30.4 Å². The van der Waals surface area contributed by atoms with Gasteiger partial charge in [-0.05, 0) is 31.5 Å². The van der Waals surface area contributed by atoms with Crippen molar-refractivity contribution in [1.82, 2.24) is 0 Å². The van der Waals surface area contributed by atoms with Gasteiger partial charge in [0.15, 0.2) is 11.5 Å². The van der Waals surface area contributed by atoms with Crippen molar-refractivity contribution >= 4 is 17.9 Å². The summed E-state index contributed by atoms with van der Waals surface area (Å²) in [5.41, 5.74) is 0.741. The summed E-state index contributed by atoms with van der Waals surface area (Å²) in [6.45, 7) is 5.71. The highest BCUT2D eigenvalue weighted by Gasteiger charge is 2.19. The van der Waals surface area contributed by atoms with Crippen molar-refractivity contribution < 1.29 is 24.0 Å². The molecule has 0 fully saturated rings. The topological polar surface area (TPSA) is 95.7 Å². The number of aldehydes is 1. The van der Waals surface area contributed by atoms with Gasteiger partial charge in [0.05, 0.1) is 17.1 Å². The molecular weight excluding hydrogens is 338 g/mol. The third-order valence-electron chi connectivity index (χ3n) is 3.44. The summed E-state index contributed by atoms with van der Waals surface area (Å²) in [5, 5.41) is 10.9. The number of nitro groups is 1. The van der Waals surface area contributed by atoms with Gasteiger partial charge in [0.25, 0.3) is 5.69 Å². The second-order valence-corrected chi connectivity index (χ2v) is 5.25. The molecule has 0 atom stereocenters. The molecule has 7 heteroatoms. The Morgan fingerprint density at radius 1 is 1.31 bits per heavy atom. The number of carbonyl (C=O) groups excluding carboxylic acids is 2. The van der Waals surface area contributed by atoms with E-state index in [4.69, 9.17) is 9.47 Å². The van der Waals surface area contributed by atoms with E-state index in [1.54, 1.807) is 19.1 Å². The number of ether oxygens (including phenoxy) is 2. The average molecular weight is 355 g/mol. The van der Waals surface area contributed by atoms with Gasteiger partial charge < -0.3 is 9.47 Å². The number of rotatable bonds is 8. The maximum absolute atomic E-state index is 12.5. The fraction of sp³-hybridized carbons (Fsp3) is 0.158. The van der Waals surface area contributed by atoms with Crippen LogP contribution in [0.2, 0.25) is 0 Å². The summed E-state index contributed by atoms with van der Waals surface area (Å²) in [6, 6.07) is 8.29. The number of nitro benzene ring substituents is 1. The van der Waals surface area contributed by atoms with Crippen molar-refractivity contribution in [2.24, 2.45) is 0 Å². The minimum Gasteiger partial charge on any atom is -0.490 e. The van der Waals surface area contributed by atoms with Crippen LogP contribution in [-0.2, 0) is 6.42 Å². The van der Waals surface area contributed by atoms with Crippen LogP contribution < -0.4 is 9.47 Å². The van der Waals surface area contributed by atoms with Crippen molar-refractivity contribution in [3.8, 4) is 11.5 Å². The summed E-state index contributed by atoms with van der Waals surface area (Å²) < 4.78 is 10.9. The number of benzene rings is 2. The highest BCUT2D eigenvalue weighted by atomic mass is 16.6. The predicted octanol–water partition coefficient (Wildman–Crippen LogP) is 3.75. The Morgan fingerprint density at radius 3 is 2.69 bits per heavy atom. The summed E-state index contributed by atoms with van der Waals surface area (Å²) in [5.74, 6) is -0.361. The summed E-state index contributed by atoms with van der Waals surface area (Å²) in [6.07, 6.45) is 2.62. The van der Waals surface area contributed by atoms with Crippen LogP contribution in [0.15, 0.2) is 49.1 Å². The zero-order valence-electron chi connectivity index (χ0n) is 14.1. The maximum atomic E-state index is 12.5. The third-order valence-corrected chi connectivity index (χ3v) is 3.44. The second kappa shape index (κ2) is 8.57. The molecule has 2 aromatic rings. The zero-order valence-corrected chi connectivity index (χ0v) is 14.1. The average Bonchev–Trinajstić information content (AvgIpc) is 2.64. The first-order chi connectivity index (χ1) is 12.5. The minimum absolute atomic E-state index is 0.0330. The van der Waals surface area contributed by atoms with Gasteiger partial charge >= 0.3 is 5.97 Å². The van der Waals surface area contributed by atoms with Crippen LogP contribution in [0.5, 0.6) is 11.5 Å². The number of nitrogens with zero attached hydrogens (tertiary/aromatic N) is 1. The van der Waals surface area contributed by atoms with Crippen molar-refractivity contribution in [2.75, 3.05) is 6.61 Å². The summed E-state index contributed by atoms with van der Waals surface area (Å²) in [7, 11) is 0. The lowest BCUT2D eigenvalue weighted by Crippen LogP contribution is -2.12. The van der Waals surface area contributed by atoms with Crippen molar-refractivity contribution in [1.29, 1.82) is 0 Å². The van der Waals surface area contributed by atoms with Crippen LogP contribution in [0.3, 0.4) is 0 Å². The van der Waals surface area contributed by atoms with Gasteiger partial charge in [-0.3, -0.25) is 14.9 Å². The standard InChI is InChI=1S/C19H17NO6/c1-3-6-14-9-13(12-21)10-17(25-4-2)18(14)26-19(22)15-7-5-8-16(11-15)20(23)24/h3,5,7-12H,1,4,6H2,2H3. The molecule has 0 bridgehead atoms. The zero-order chi connectivity index (χ0) is 19.1. The largest absolute Gasteiger partial charge is 0.490 e. The summed E-state index contributed by atoms with van der Waals surface area (Å²) in [4.78, 5) is 33.9. The molecule has 0 N–H and O–H groups in total. The van der Waals surface area contributed by atoms with Crippen LogP contribution in [0.25, 0.3) is 0 Å². The maximum Gasteiger partial charge on any atom is 0.343 e. The molecule has 2 aromatic carbocycles. The van der Waals surface area contributed by atoms with Crippen LogP contribution in [-0.4, -0.2) is 23.8 Å². The molecule has 0 aromatic heterocycles. The van der Waals surface area contributed by atoms with E-state index in [2.05, 4.69) is 6.58 Å². The van der Waals surface area contributed by atoms with E-state index in [1.165, 1.54) is 24.3 Å². The molecule has 2 rings (SSSR count). The van der Waals surface area contributed by atoms with Gasteiger partial charge in [0.1, 0.15) is 6.29 Å². The van der Waals surface area contributed by atoms with Crippen LogP contribution in [0.4, 0.5) is 5.69 Å². The first kappa shape index (κ1) is 18.9.